The SMILES string of the molecule is NC(Cc1ccc(Cl)s1)c1cc(F)cc(F)c1. The molecule has 0 radical (unpaired) electrons. The molecule has 0 saturated carbocycles. The fraction of sp³-hybridized carbons (Fsp3) is 0.167. The molecule has 1 atom stereocenters. The molecule has 1 aromatic heterocycles. The Balaban J connectivity index is 2.16. The third-order valence-electron chi connectivity index (χ3n) is 2.36. The van der Waals surface area contributed by atoms with Crippen LogP contribution in [0.4, 0.5) is 8.78 Å². The van der Waals surface area contributed by atoms with Crippen molar-refractivity contribution in [3.63, 3.8) is 0 Å². The summed E-state index contributed by atoms with van der Waals surface area (Å²) in [6.45, 7) is 0. The Labute approximate surface area is 107 Å². The molecule has 0 amide bonds. The molecule has 2 aromatic rings. The van der Waals surface area contributed by atoms with Crippen LogP contribution in [-0.4, -0.2) is 0 Å². The van der Waals surface area contributed by atoms with E-state index < -0.39 is 17.7 Å². The van der Waals surface area contributed by atoms with Crippen molar-refractivity contribution in [2.45, 2.75) is 12.5 Å². The van der Waals surface area contributed by atoms with E-state index in [1.807, 2.05) is 6.07 Å². The van der Waals surface area contributed by atoms with Crippen molar-refractivity contribution >= 4 is 22.9 Å². The van der Waals surface area contributed by atoms with Gasteiger partial charge in [0.05, 0.1) is 4.34 Å². The Bertz CT molecular complexity index is 507. The zero-order valence-electron chi connectivity index (χ0n) is 8.79. The molecule has 0 aliphatic heterocycles. The monoisotopic (exact) mass is 273 g/mol. The number of nitrogens with two attached hydrogens (primary N) is 1. The van der Waals surface area contributed by atoms with Gasteiger partial charge >= 0.3 is 0 Å². The van der Waals surface area contributed by atoms with E-state index in [1.54, 1.807) is 6.07 Å². The molecule has 5 heteroatoms. The van der Waals surface area contributed by atoms with Crippen LogP contribution in [0.3, 0.4) is 0 Å². The standard InChI is InChI=1S/C12H10ClF2NS/c13-12-2-1-10(17-12)6-11(16)7-3-8(14)5-9(15)4-7/h1-5,11H,6,16H2. The van der Waals surface area contributed by atoms with Crippen LogP contribution >= 0.6 is 22.9 Å². The number of hydrogen-bond donors (Lipinski definition) is 1. The fourth-order valence-electron chi connectivity index (χ4n) is 1.59. The molecule has 0 aliphatic carbocycles. The minimum atomic E-state index is -0.611. The first-order valence-corrected chi connectivity index (χ1v) is 6.20. The van der Waals surface area contributed by atoms with Crippen molar-refractivity contribution < 1.29 is 8.78 Å². The molecule has 0 fully saturated rings. The van der Waals surface area contributed by atoms with Crippen LogP contribution in [0, 0.1) is 11.6 Å². The van der Waals surface area contributed by atoms with Crippen LogP contribution in [0.2, 0.25) is 4.34 Å². The highest BCUT2D eigenvalue weighted by Crippen LogP contribution is 2.26. The van der Waals surface area contributed by atoms with Crippen molar-refractivity contribution in [1.82, 2.24) is 0 Å². The van der Waals surface area contributed by atoms with Gasteiger partial charge in [0, 0.05) is 23.4 Å². The van der Waals surface area contributed by atoms with Crippen LogP contribution in [0.25, 0.3) is 0 Å². The van der Waals surface area contributed by atoms with Crippen LogP contribution in [-0.2, 0) is 6.42 Å². The maximum Gasteiger partial charge on any atom is 0.126 e. The Morgan fingerprint density at radius 1 is 1.18 bits per heavy atom. The molecule has 0 spiro atoms. The van der Waals surface area contributed by atoms with E-state index in [0.29, 0.717) is 16.3 Å². The Morgan fingerprint density at radius 3 is 2.35 bits per heavy atom. The van der Waals surface area contributed by atoms with E-state index in [-0.39, 0.29) is 0 Å². The highest BCUT2D eigenvalue weighted by Gasteiger charge is 2.11. The Hall–Kier alpha value is -0.970. The zero-order chi connectivity index (χ0) is 12.4. The zero-order valence-corrected chi connectivity index (χ0v) is 10.4. The average molecular weight is 274 g/mol. The van der Waals surface area contributed by atoms with Gasteiger partial charge in [-0.25, -0.2) is 8.78 Å². The van der Waals surface area contributed by atoms with Gasteiger partial charge in [-0.2, -0.15) is 0 Å². The maximum atomic E-state index is 13.0. The summed E-state index contributed by atoms with van der Waals surface area (Å²) in [5, 5.41) is 0. The lowest BCUT2D eigenvalue weighted by molar-refractivity contribution is 0.573. The summed E-state index contributed by atoms with van der Waals surface area (Å²) in [5.74, 6) is -1.22. The van der Waals surface area contributed by atoms with Gasteiger partial charge in [-0.05, 0) is 29.8 Å². The largest absolute Gasteiger partial charge is 0.324 e. The van der Waals surface area contributed by atoms with Crippen molar-refractivity contribution in [1.29, 1.82) is 0 Å². The lowest BCUT2D eigenvalue weighted by Gasteiger charge is -2.11. The van der Waals surface area contributed by atoms with Crippen LogP contribution in [0.1, 0.15) is 16.5 Å². The number of benzene rings is 1. The lowest BCUT2D eigenvalue weighted by atomic mass is 10.0. The van der Waals surface area contributed by atoms with Gasteiger partial charge in [-0.1, -0.05) is 11.6 Å². The predicted octanol–water partition coefficient (Wildman–Crippen LogP) is 3.92. The van der Waals surface area contributed by atoms with Crippen molar-refractivity contribution in [3.05, 3.63) is 56.7 Å². The van der Waals surface area contributed by atoms with Crippen LogP contribution in [0.15, 0.2) is 30.3 Å². The molecule has 1 aromatic carbocycles. The van der Waals surface area contributed by atoms with E-state index in [4.69, 9.17) is 17.3 Å². The first kappa shape index (κ1) is 12.5. The summed E-state index contributed by atoms with van der Waals surface area (Å²) < 4.78 is 26.7. The molecule has 2 rings (SSSR count). The van der Waals surface area contributed by atoms with Gasteiger partial charge in [0.1, 0.15) is 11.6 Å². The summed E-state index contributed by atoms with van der Waals surface area (Å²) in [7, 11) is 0. The molecule has 0 aliphatic rings. The number of rotatable bonds is 3. The molecular weight excluding hydrogens is 264 g/mol. The molecule has 17 heavy (non-hydrogen) atoms. The van der Waals surface area contributed by atoms with Gasteiger partial charge in [0.15, 0.2) is 0 Å². The van der Waals surface area contributed by atoms with E-state index in [0.717, 1.165) is 10.9 Å². The predicted molar refractivity (Wildman–Crippen MR) is 66.3 cm³/mol. The highest BCUT2D eigenvalue weighted by atomic mass is 35.5. The molecule has 90 valence electrons. The Kier molecular flexibility index (Phi) is 3.76. The number of thiophene rings is 1. The second kappa shape index (κ2) is 5.12. The third-order valence-corrected chi connectivity index (χ3v) is 3.62. The third kappa shape index (κ3) is 3.25. The quantitative estimate of drug-likeness (QED) is 0.901. The molecule has 2 N–H and O–H groups in total. The first-order valence-electron chi connectivity index (χ1n) is 5.00. The summed E-state index contributed by atoms with van der Waals surface area (Å²) >= 11 is 7.22. The Morgan fingerprint density at radius 2 is 1.82 bits per heavy atom. The first-order chi connectivity index (χ1) is 8.04. The number of hydrogen-bond acceptors (Lipinski definition) is 2. The van der Waals surface area contributed by atoms with Crippen molar-refractivity contribution in [2.24, 2.45) is 5.73 Å². The second-order valence-electron chi connectivity index (χ2n) is 3.72. The topological polar surface area (TPSA) is 26.0 Å². The summed E-state index contributed by atoms with van der Waals surface area (Å²) in [6, 6.07) is 6.54. The summed E-state index contributed by atoms with van der Waals surface area (Å²) in [4.78, 5) is 0.993. The van der Waals surface area contributed by atoms with Gasteiger partial charge in [-0.3, -0.25) is 0 Å². The van der Waals surface area contributed by atoms with E-state index in [1.165, 1.54) is 23.5 Å². The highest BCUT2D eigenvalue weighted by molar-refractivity contribution is 7.16. The smallest absolute Gasteiger partial charge is 0.126 e. The minimum absolute atomic E-state index is 0.435. The molecule has 0 saturated heterocycles. The van der Waals surface area contributed by atoms with E-state index in [9.17, 15) is 8.78 Å². The van der Waals surface area contributed by atoms with Gasteiger partial charge < -0.3 is 5.73 Å². The average Bonchev–Trinajstić information content (AvgIpc) is 2.62. The van der Waals surface area contributed by atoms with Crippen molar-refractivity contribution in [2.75, 3.05) is 0 Å². The van der Waals surface area contributed by atoms with Gasteiger partial charge in [0.2, 0.25) is 0 Å². The van der Waals surface area contributed by atoms with Crippen molar-refractivity contribution in [3.8, 4) is 0 Å². The fourth-order valence-corrected chi connectivity index (χ4v) is 2.73. The molecule has 1 unspecified atom stereocenters. The summed E-state index contributed by atoms with van der Waals surface area (Å²) in [6.07, 6.45) is 0.514. The molecule has 1 nitrogen and oxygen atoms in total. The van der Waals surface area contributed by atoms with Gasteiger partial charge in [0.25, 0.3) is 0 Å². The second-order valence-corrected chi connectivity index (χ2v) is 5.52. The van der Waals surface area contributed by atoms with Crippen LogP contribution in [0.5, 0.6) is 0 Å². The maximum absolute atomic E-state index is 13.0. The van der Waals surface area contributed by atoms with E-state index >= 15 is 0 Å². The lowest BCUT2D eigenvalue weighted by Crippen LogP contribution is -2.13. The number of halogens is 3. The molecule has 1 heterocycles. The normalized spacial score (nSPS) is 12.7. The molecule has 0 bridgehead atoms. The molecular formula is C12H10ClF2NS. The van der Waals surface area contributed by atoms with Gasteiger partial charge in [-0.15, -0.1) is 11.3 Å². The van der Waals surface area contributed by atoms with Crippen LogP contribution < -0.4 is 5.73 Å². The minimum Gasteiger partial charge on any atom is -0.324 e. The summed E-state index contributed by atoms with van der Waals surface area (Å²) in [5.41, 5.74) is 6.36. The van der Waals surface area contributed by atoms with E-state index in [2.05, 4.69) is 0 Å².